The number of unbranched alkanes of at least 4 members (excludes halogenated alkanes) is 3. The molecule has 1 heterocycles. The Hall–Kier alpha value is -2.95. The van der Waals surface area contributed by atoms with E-state index in [0.717, 1.165) is 42.3 Å². The lowest BCUT2D eigenvalue weighted by Crippen LogP contribution is -2.01. The smallest absolute Gasteiger partial charge is 0.219 e. The van der Waals surface area contributed by atoms with Crippen LogP contribution in [0.2, 0.25) is 0 Å². The molecule has 0 aliphatic heterocycles. The maximum Gasteiger partial charge on any atom is 0.219 e. The van der Waals surface area contributed by atoms with Gasteiger partial charge in [-0.3, -0.25) is 0 Å². The SMILES string of the molecule is CCO/N=C1/c2ccccc2-c2ccc(CCCCCCc3nnc(C(C)C)o3)cc21. The molecule has 3 aromatic rings. The van der Waals surface area contributed by atoms with Gasteiger partial charge in [-0.1, -0.05) is 68.2 Å². The van der Waals surface area contributed by atoms with Crippen molar-refractivity contribution in [3.8, 4) is 11.1 Å². The van der Waals surface area contributed by atoms with Crippen LogP contribution in [0.5, 0.6) is 0 Å². The first-order valence-corrected chi connectivity index (χ1v) is 11.4. The number of oxime groups is 1. The lowest BCUT2D eigenvalue weighted by Gasteiger charge is -2.06. The first-order valence-electron chi connectivity index (χ1n) is 11.4. The zero-order chi connectivity index (χ0) is 21.6. The fraction of sp³-hybridized carbons (Fsp3) is 0.423. The largest absolute Gasteiger partial charge is 0.425 e. The van der Waals surface area contributed by atoms with Crippen molar-refractivity contribution in [3.63, 3.8) is 0 Å². The molecule has 0 atom stereocenters. The highest BCUT2D eigenvalue weighted by molar-refractivity contribution is 6.24. The van der Waals surface area contributed by atoms with Gasteiger partial charge >= 0.3 is 0 Å². The molecule has 162 valence electrons. The van der Waals surface area contributed by atoms with Crippen LogP contribution in [0.1, 0.15) is 80.8 Å². The average Bonchev–Trinajstić information content (AvgIpc) is 3.37. The van der Waals surface area contributed by atoms with Crippen LogP contribution in [0, 0.1) is 0 Å². The number of hydrogen-bond donors (Lipinski definition) is 0. The van der Waals surface area contributed by atoms with E-state index in [4.69, 9.17) is 9.25 Å². The fourth-order valence-electron chi connectivity index (χ4n) is 4.03. The Kier molecular flexibility index (Phi) is 6.80. The summed E-state index contributed by atoms with van der Waals surface area (Å²) in [6, 6.07) is 15.2. The van der Waals surface area contributed by atoms with Gasteiger partial charge < -0.3 is 9.25 Å². The second kappa shape index (κ2) is 9.90. The van der Waals surface area contributed by atoms with Crippen LogP contribution in [0.4, 0.5) is 0 Å². The summed E-state index contributed by atoms with van der Waals surface area (Å²) in [7, 11) is 0. The predicted molar refractivity (Wildman–Crippen MR) is 123 cm³/mol. The van der Waals surface area contributed by atoms with Gasteiger partial charge in [-0.2, -0.15) is 0 Å². The van der Waals surface area contributed by atoms with E-state index in [1.807, 2.05) is 6.92 Å². The van der Waals surface area contributed by atoms with E-state index in [2.05, 4.69) is 71.7 Å². The molecule has 0 bridgehead atoms. The highest BCUT2D eigenvalue weighted by Gasteiger charge is 2.25. The third kappa shape index (κ3) is 4.87. The summed E-state index contributed by atoms with van der Waals surface area (Å²) in [4.78, 5) is 5.42. The molecule has 1 aromatic heterocycles. The topological polar surface area (TPSA) is 60.5 Å². The molecule has 0 amide bonds. The summed E-state index contributed by atoms with van der Waals surface area (Å²) in [6.07, 6.45) is 6.57. The van der Waals surface area contributed by atoms with Crippen LogP contribution in [-0.2, 0) is 17.7 Å². The number of hydrogen-bond acceptors (Lipinski definition) is 5. The molecular formula is C26H31N3O2. The Bertz CT molecular complexity index is 1050. The van der Waals surface area contributed by atoms with Gasteiger partial charge in [-0.05, 0) is 48.9 Å². The van der Waals surface area contributed by atoms with Crippen LogP contribution in [0.3, 0.4) is 0 Å². The summed E-state index contributed by atoms with van der Waals surface area (Å²) in [5.41, 5.74) is 7.14. The molecule has 5 heteroatoms. The monoisotopic (exact) mass is 417 g/mol. The lowest BCUT2D eigenvalue weighted by molar-refractivity contribution is 0.159. The molecule has 0 unspecified atom stereocenters. The van der Waals surface area contributed by atoms with E-state index >= 15 is 0 Å². The van der Waals surface area contributed by atoms with Crippen LogP contribution in [-0.4, -0.2) is 22.5 Å². The van der Waals surface area contributed by atoms with Crippen molar-refractivity contribution in [3.05, 3.63) is 70.9 Å². The first-order chi connectivity index (χ1) is 15.2. The van der Waals surface area contributed by atoms with Gasteiger partial charge in [0, 0.05) is 23.5 Å². The van der Waals surface area contributed by atoms with Crippen molar-refractivity contribution in [1.29, 1.82) is 0 Å². The minimum absolute atomic E-state index is 0.292. The number of aryl methyl sites for hydroxylation is 2. The fourth-order valence-corrected chi connectivity index (χ4v) is 4.03. The van der Waals surface area contributed by atoms with Crippen molar-refractivity contribution in [2.24, 2.45) is 5.16 Å². The Morgan fingerprint density at radius 3 is 2.35 bits per heavy atom. The molecule has 1 aliphatic rings. The summed E-state index contributed by atoms with van der Waals surface area (Å²) in [5, 5.41) is 12.7. The average molecular weight is 418 g/mol. The van der Waals surface area contributed by atoms with Crippen LogP contribution >= 0.6 is 0 Å². The highest BCUT2D eigenvalue weighted by Crippen LogP contribution is 2.37. The van der Waals surface area contributed by atoms with Crippen molar-refractivity contribution in [2.45, 2.75) is 65.2 Å². The van der Waals surface area contributed by atoms with E-state index in [9.17, 15) is 0 Å². The van der Waals surface area contributed by atoms with Crippen LogP contribution in [0.15, 0.2) is 52.0 Å². The van der Waals surface area contributed by atoms with Crippen molar-refractivity contribution in [2.75, 3.05) is 6.61 Å². The molecule has 0 fully saturated rings. The summed E-state index contributed by atoms with van der Waals surface area (Å²) >= 11 is 0. The highest BCUT2D eigenvalue weighted by atomic mass is 16.6. The molecule has 2 aromatic carbocycles. The number of nitrogens with zero attached hydrogens (tertiary/aromatic N) is 3. The minimum Gasteiger partial charge on any atom is -0.425 e. The van der Waals surface area contributed by atoms with Crippen molar-refractivity contribution >= 4 is 5.71 Å². The third-order valence-corrected chi connectivity index (χ3v) is 5.68. The molecule has 0 N–H and O–H groups in total. The standard InChI is InChI=1S/C26H31N3O2/c1-4-30-29-25-22-13-10-9-12-20(22)21-16-15-19(17-23(21)25)11-7-5-6-8-14-24-27-28-26(31-24)18(2)3/h9-10,12-13,15-18H,4-8,11,14H2,1-3H3/b29-25-. The van der Waals surface area contributed by atoms with Crippen molar-refractivity contribution in [1.82, 2.24) is 10.2 Å². The van der Waals surface area contributed by atoms with E-state index in [1.54, 1.807) is 0 Å². The van der Waals surface area contributed by atoms with Gasteiger partial charge in [-0.25, -0.2) is 0 Å². The minimum atomic E-state index is 0.292. The Morgan fingerprint density at radius 1 is 0.871 bits per heavy atom. The van der Waals surface area contributed by atoms with Crippen molar-refractivity contribution < 1.29 is 9.25 Å². The van der Waals surface area contributed by atoms with E-state index in [-0.39, 0.29) is 0 Å². The Labute approximate surface area is 184 Å². The Balaban J connectivity index is 1.31. The zero-order valence-corrected chi connectivity index (χ0v) is 18.7. The van der Waals surface area contributed by atoms with E-state index in [0.29, 0.717) is 12.5 Å². The number of aromatic nitrogens is 2. The molecule has 0 saturated carbocycles. The van der Waals surface area contributed by atoms with E-state index in [1.165, 1.54) is 41.5 Å². The van der Waals surface area contributed by atoms with Gasteiger partial charge in [0.2, 0.25) is 11.8 Å². The van der Waals surface area contributed by atoms with Gasteiger partial charge in [0.1, 0.15) is 12.3 Å². The first kappa shape index (κ1) is 21.3. The zero-order valence-electron chi connectivity index (χ0n) is 18.7. The summed E-state index contributed by atoms with van der Waals surface area (Å²) in [6.45, 7) is 6.67. The van der Waals surface area contributed by atoms with Gasteiger partial charge in [0.15, 0.2) is 0 Å². The summed E-state index contributed by atoms with van der Waals surface area (Å²) < 4.78 is 5.68. The molecule has 0 spiro atoms. The maximum atomic E-state index is 5.68. The lowest BCUT2D eigenvalue weighted by atomic mass is 9.99. The predicted octanol–water partition coefficient (Wildman–Crippen LogP) is 6.31. The number of benzene rings is 2. The van der Waals surface area contributed by atoms with Gasteiger partial charge in [-0.15, -0.1) is 10.2 Å². The quantitative estimate of drug-likeness (QED) is 0.224. The van der Waals surface area contributed by atoms with Gasteiger partial charge in [0.25, 0.3) is 0 Å². The van der Waals surface area contributed by atoms with Crippen LogP contribution in [0.25, 0.3) is 11.1 Å². The molecule has 5 nitrogen and oxygen atoms in total. The third-order valence-electron chi connectivity index (χ3n) is 5.68. The molecule has 0 saturated heterocycles. The summed E-state index contributed by atoms with van der Waals surface area (Å²) in [5.74, 6) is 1.80. The molecule has 31 heavy (non-hydrogen) atoms. The van der Waals surface area contributed by atoms with Gasteiger partial charge in [0.05, 0.1) is 0 Å². The maximum absolute atomic E-state index is 5.68. The molecule has 0 radical (unpaired) electrons. The number of rotatable bonds is 10. The Morgan fingerprint density at radius 2 is 1.61 bits per heavy atom. The molecule has 4 rings (SSSR count). The second-order valence-corrected chi connectivity index (χ2v) is 8.39. The van der Waals surface area contributed by atoms with Crippen LogP contribution < -0.4 is 0 Å². The second-order valence-electron chi connectivity index (χ2n) is 8.39. The number of fused-ring (bicyclic) bond motifs is 3. The normalized spacial score (nSPS) is 13.6. The molecular weight excluding hydrogens is 386 g/mol. The molecule has 1 aliphatic carbocycles. The van der Waals surface area contributed by atoms with E-state index < -0.39 is 0 Å².